The maximum absolute atomic E-state index is 12.2. The quantitative estimate of drug-likeness (QED) is 0.781. The fourth-order valence-electron chi connectivity index (χ4n) is 2.30. The molecule has 3 rings (SSSR count). The SMILES string of the molecule is CC(=O)c1ccc2c(c1)N=C(c1ccccc1)C(=O)C2. The molecule has 0 aliphatic carbocycles. The van der Waals surface area contributed by atoms with E-state index in [1.54, 1.807) is 12.1 Å². The predicted molar refractivity (Wildman–Crippen MR) is 77.8 cm³/mol. The van der Waals surface area contributed by atoms with Crippen molar-refractivity contribution < 1.29 is 9.59 Å². The van der Waals surface area contributed by atoms with Crippen molar-refractivity contribution in [2.24, 2.45) is 4.99 Å². The molecule has 1 aliphatic rings. The lowest BCUT2D eigenvalue weighted by atomic mass is 9.95. The van der Waals surface area contributed by atoms with Gasteiger partial charge >= 0.3 is 0 Å². The van der Waals surface area contributed by atoms with Gasteiger partial charge in [0.2, 0.25) is 0 Å². The lowest BCUT2D eigenvalue weighted by Gasteiger charge is -2.15. The summed E-state index contributed by atoms with van der Waals surface area (Å²) in [6.07, 6.45) is 0.335. The van der Waals surface area contributed by atoms with Gasteiger partial charge in [0, 0.05) is 17.5 Å². The lowest BCUT2D eigenvalue weighted by Crippen LogP contribution is -2.21. The molecule has 0 bridgehead atoms. The molecule has 0 fully saturated rings. The molecule has 98 valence electrons. The highest BCUT2D eigenvalue weighted by molar-refractivity contribution is 6.47. The van der Waals surface area contributed by atoms with Gasteiger partial charge in [0.25, 0.3) is 0 Å². The van der Waals surface area contributed by atoms with Gasteiger partial charge in [-0.05, 0) is 18.6 Å². The van der Waals surface area contributed by atoms with Crippen molar-refractivity contribution in [3.8, 4) is 0 Å². The predicted octanol–water partition coefficient (Wildman–Crippen LogP) is 3.14. The van der Waals surface area contributed by atoms with E-state index in [1.807, 2.05) is 36.4 Å². The highest BCUT2D eigenvalue weighted by Crippen LogP contribution is 2.27. The summed E-state index contributed by atoms with van der Waals surface area (Å²) in [5.74, 6) is 0.0143. The third-order valence-electron chi connectivity index (χ3n) is 3.39. The van der Waals surface area contributed by atoms with Gasteiger partial charge in [0.15, 0.2) is 11.6 Å². The Hall–Kier alpha value is -2.55. The molecule has 3 heteroatoms. The number of aliphatic imine (C=N–C) groups is 1. The molecule has 0 spiro atoms. The highest BCUT2D eigenvalue weighted by Gasteiger charge is 2.21. The van der Waals surface area contributed by atoms with Gasteiger partial charge < -0.3 is 0 Å². The lowest BCUT2D eigenvalue weighted by molar-refractivity contribution is -0.112. The van der Waals surface area contributed by atoms with Crippen molar-refractivity contribution in [2.45, 2.75) is 13.3 Å². The zero-order valence-corrected chi connectivity index (χ0v) is 11.1. The number of Topliss-reactive ketones (excluding diaryl/α,β-unsaturated/α-hetero) is 2. The third kappa shape index (κ3) is 2.18. The average Bonchev–Trinajstić information content (AvgIpc) is 2.47. The van der Waals surface area contributed by atoms with E-state index >= 15 is 0 Å². The molecule has 0 N–H and O–H groups in total. The zero-order chi connectivity index (χ0) is 14.1. The Labute approximate surface area is 117 Å². The first kappa shape index (κ1) is 12.5. The van der Waals surface area contributed by atoms with Crippen molar-refractivity contribution >= 4 is 23.0 Å². The molecule has 0 saturated carbocycles. The Morgan fingerprint density at radius 2 is 1.85 bits per heavy atom. The number of carbonyl (C=O) groups excluding carboxylic acids is 2. The fraction of sp³-hybridized carbons (Fsp3) is 0.118. The summed E-state index contributed by atoms with van der Waals surface area (Å²) in [7, 11) is 0. The van der Waals surface area contributed by atoms with Crippen LogP contribution in [-0.4, -0.2) is 17.3 Å². The van der Waals surface area contributed by atoms with Gasteiger partial charge in [-0.25, -0.2) is 4.99 Å². The van der Waals surface area contributed by atoms with E-state index < -0.39 is 0 Å². The number of hydrogen-bond acceptors (Lipinski definition) is 3. The van der Waals surface area contributed by atoms with Gasteiger partial charge in [0.05, 0.1) is 5.69 Å². The Balaban J connectivity index is 2.12. The van der Waals surface area contributed by atoms with Crippen LogP contribution in [0.25, 0.3) is 0 Å². The van der Waals surface area contributed by atoms with Gasteiger partial charge in [-0.1, -0.05) is 42.5 Å². The minimum atomic E-state index is 0.00108. The summed E-state index contributed by atoms with van der Waals surface area (Å²) in [4.78, 5) is 28.1. The van der Waals surface area contributed by atoms with Crippen molar-refractivity contribution in [1.29, 1.82) is 0 Å². The van der Waals surface area contributed by atoms with Crippen molar-refractivity contribution in [2.75, 3.05) is 0 Å². The van der Waals surface area contributed by atoms with E-state index in [2.05, 4.69) is 4.99 Å². The van der Waals surface area contributed by atoms with Gasteiger partial charge in [-0.15, -0.1) is 0 Å². The number of ketones is 2. The molecule has 0 saturated heterocycles. The van der Waals surface area contributed by atoms with Crippen LogP contribution in [0.15, 0.2) is 53.5 Å². The molecule has 20 heavy (non-hydrogen) atoms. The molecule has 2 aromatic rings. The topological polar surface area (TPSA) is 46.5 Å². The second-order valence-electron chi connectivity index (χ2n) is 4.83. The summed E-state index contributed by atoms with van der Waals surface area (Å²) in [5, 5.41) is 0. The van der Waals surface area contributed by atoms with Crippen LogP contribution in [0, 0.1) is 0 Å². The Morgan fingerprint density at radius 3 is 2.55 bits per heavy atom. The minimum absolute atomic E-state index is 0.00108. The first-order valence-corrected chi connectivity index (χ1v) is 6.46. The van der Waals surface area contributed by atoms with E-state index in [9.17, 15) is 9.59 Å². The van der Waals surface area contributed by atoms with Crippen LogP contribution in [0.2, 0.25) is 0 Å². The molecule has 0 radical (unpaired) electrons. The Morgan fingerprint density at radius 1 is 1.10 bits per heavy atom. The molecule has 0 aromatic heterocycles. The maximum Gasteiger partial charge on any atom is 0.186 e. The molecule has 2 aromatic carbocycles. The van der Waals surface area contributed by atoms with Gasteiger partial charge in [-0.3, -0.25) is 9.59 Å². The molecule has 0 unspecified atom stereocenters. The molecular formula is C17H13NO2. The smallest absolute Gasteiger partial charge is 0.186 e. The van der Waals surface area contributed by atoms with Crippen LogP contribution in [-0.2, 0) is 11.2 Å². The molecule has 3 nitrogen and oxygen atoms in total. The summed E-state index contributed by atoms with van der Waals surface area (Å²) in [6, 6.07) is 14.7. The van der Waals surface area contributed by atoms with Crippen LogP contribution in [0.3, 0.4) is 0 Å². The molecule has 0 amide bonds. The number of nitrogens with zero attached hydrogens (tertiary/aromatic N) is 1. The summed E-state index contributed by atoms with van der Waals surface area (Å²) in [5.41, 5.74) is 3.50. The molecule has 1 aliphatic heterocycles. The average molecular weight is 263 g/mol. The zero-order valence-electron chi connectivity index (χ0n) is 11.1. The van der Waals surface area contributed by atoms with Gasteiger partial charge in [0.1, 0.15) is 5.71 Å². The maximum atomic E-state index is 12.2. The number of hydrogen-bond donors (Lipinski definition) is 0. The molecular weight excluding hydrogens is 250 g/mol. The minimum Gasteiger partial charge on any atom is -0.295 e. The van der Waals surface area contributed by atoms with Crippen molar-refractivity contribution in [3.63, 3.8) is 0 Å². The Bertz CT molecular complexity index is 730. The van der Waals surface area contributed by atoms with Crippen molar-refractivity contribution in [1.82, 2.24) is 0 Å². The number of rotatable bonds is 2. The largest absolute Gasteiger partial charge is 0.295 e. The van der Waals surface area contributed by atoms with Crippen LogP contribution in [0.1, 0.15) is 28.4 Å². The second kappa shape index (κ2) is 4.85. The number of benzene rings is 2. The highest BCUT2D eigenvalue weighted by atomic mass is 16.1. The molecule has 1 heterocycles. The van der Waals surface area contributed by atoms with Crippen LogP contribution in [0.5, 0.6) is 0 Å². The first-order valence-electron chi connectivity index (χ1n) is 6.46. The van der Waals surface area contributed by atoms with Crippen LogP contribution >= 0.6 is 0 Å². The number of fused-ring (bicyclic) bond motifs is 1. The van der Waals surface area contributed by atoms with E-state index in [0.29, 0.717) is 17.7 Å². The van der Waals surface area contributed by atoms with Gasteiger partial charge in [-0.2, -0.15) is 0 Å². The number of carbonyl (C=O) groups is 2. The fourth-order valence-corrected chi connectivity index (χ4v) is 2.30. The van der Waals surface area contributed by atoms with Crippen LogP contribution in [0.4, 0.5) is 5.69 Å². The van der Waals surface area contributed by atoms with E-state index in [-0.39, 0.29) is 11.6 Å². The van der Waals surface area contributed by atoms with E-state index in [4.69, 9.17) is 0 Å². The summed E-state index contributed by atoms with van der Waals surface area (Å²) in [6.45, 7) is 1.53. The van der Waals surface area contributed by atoms with Crippen LogP contribution < -0.4 is 0 Å². The summed E-state index contributed by atoms with van der Waals surface area (Å²) >= 11 is 0. The van der Waals surface area contributed by atoms with Crippen molar-refractivity contribution in [3.05, 3.63) is 65.2 Å². The second-order valence-corrected chi connectivity index (χ2v) is 4.83. The standard InChI is InChI=1S/C17H13NO2/c1-11(19)13-7-8-14-10-16(20)17(18-15(14)9-13)12-5-3-2-4-6-12/h2-9H,10H2,1H3. The summed E-state index contributed by atoms with van der Waals surface area (Å²) < 4.78 is 0. The monoisotopic (exact) mass is 263 g/mol. The molecule has 0 atom stereocenters. The third-order valence-corrected chi connectivity index (χ3v) is 3.39. The normalized spacial score (nSPS) is 13.7. The van der Waals surface area contributed by atoms with E-state index in [0.717, 1.165) is 16.8 Å². The Kier molecular flexibility index (Phi) is 3.03. The van der Waals surface area contributed by atoms with E-state index in [1.165, 1.54) is 6.92 Å². The first-order chi connectivity index (χ1) is 9.65.